The van der Waals surface area contributed by atoms with E-state index in [0.29, 0.717) is 0 Å². The van der Waals surface area contributed by atoms with Crippen LogP contribution in [0.25, 0.3) is 11.3 Å². The van der Waals surface area contributed by atoms with Crippen LogP contribution in [0.15, 0.2) is 30.5 Å². The molecule has 1 aromatic heterocycles. The molecule has 0 radical (unpaired) electrons. The van der Waals surface area contributed by atoms with Crippen LogP contribution in [0.3, 0.4) is 0 Å². The molecule has 0 aliphatic carbocycles. The van der Waals surface area contributed by atoms with Gasteiger partial charge in [0.2, 0.25) is 0 Å². The summed E-state index contributed by atoms with van der Waals surface area (Å²) in [6.07, 6.45) is 3.01. The number of benzene rings is 1. The molecule has 2 N–H and O–H groups in total. The Labute approximate surface area is 147 Å². The van der Waals surface area contributed by atoms with Crippen LogP contribution < -0.4 is 5.73 Å². The number of nitro groups is 1. The highest BCUT2D eigenvalue weighted by Crippen LogP contribution is 2.30. The first-order valence-electron chi connectivity index (χ1n) is 8.51. The molecule has 25 heavy (non-hydrogen) atoms. The van der Waals surface area contributed by atoms with Gasteiger partial charge in [0.05, 0.1) is 10.6 Å². The van der Waals surface area contributed by atoms with Gasteiger partial charge in [-0.25, -0.2) is 0 Å². The van der Waals surface area contributed by atoms with Gasteiger partial charge in [0.1, 0.15) is 0 Å². The van der Waals surface area contributed by atoms with Crippen LogP contribution in [0.2, 0.25) is 0 Å². The van der Waals surface area contributed by atoms with Crippen LogP contribution in [0.5, 0.6) is 0 Å². The maximum absolute atomic E-state index is 10.8. The molecule has 1 aliphatic heterocycles. The average Bonchev–Trinajstić information content (AvgIpc) is 2.91. The fraction of sp³-hybridized carbons (Fsp3) is 0.500. The van der Waals surface area contributed by atoms with E-state index in [-0.39, 0.29) is 22.1 Å². The lowest BCUT2D eigenvalue weighted by molar-refractivity contribution is -0.384. The molecule has 134 valence electrons. The van der Waals surface area contributed by atoms with Crippen molar-refractivity contribution in [2.45, 2.75) is 32.9 Å². The second-order valence-corrected chi connectivity index (χ2v) is 7.58. The number of aromatic nitrogens is 2. The van der Waals surface area contributed by atoms with E-state index < -0.39 is 0 Å². The van der Waals surface area contributed by atoms with Crippen molar-refractivity contribution >= 4 is 5.69 Å². The van der Waals surface area contributed by atoms with Crippen LogP contribution in [0.4, 0.5) is 5.69 Å². The lowest BCUT2D eigenvalue weighted by Gasteiger charge is -2.42. The number of nitrogens with zero attached hydrogens (tertiary/aromatic N) is 4. The molecule has 0 spiro atoms. The lowest BCUT2D eigenvalue weighted by atomic mass is 9.79. The van der Waals surface area contributed by atoms with Crippen LogP contribution in [0, 0.1) is 15.5 Å². The third-order valence-corrected chi connectivity index (χ3v) is 5.04. The van der Waals surface area contributed by atoms with Crippen LogP contribution in [-0.4, -0.2) is 38.7 Å². The third-order valence-electron chi connectivity index (χ3n) is 5.04. The molecule has 0 saturated carbocycles. The summed E-state index contributed by atoms with van der Waals surface area (Å²) in [4.78, 5) is 12.9. The van der Waals surface area contributed by atoms with Gasteiger partial charge in [-0.15, -0.1) is 0 Å². The minimum absolute atomic E-state index is 0.0907. The van der Waals surface area contributed by atoms with Gasteiger partial charge in [-0.05, 0) is 24.0 Å². The zero-order valence-corrected chi connectivity index (χ0v) is 15.0. The van der Waals surface area contributed by atoms with E-state index >= 15 is 0 Å². The van der Waals surface area contributed by atoms with E-state index in [1.54, 1.807) is 16.8 Å². The number of hydrogen-bond donors (Lipinski definition) is 1. The molecule has 0 bridgehead atoms. The minimum Gasteiger partial charge on any atom is -0.327 e. The predicted octanol–water partition coefficient (Wildman–Crippen LogP) is 2.55. The highest BCUT2D eigenvalue weighted by molar-refractivity contribution is 5.64. The second kappa shape index (κ2) is 6.57. The van der Waals surface area contributed by atoms with E-state index in [4.69, 9.17) is 5.73 Å². The van der Waals surface area contributed by atoms with Crippen molar-refractivity contribution < 1.29 is 4.92 Å². The smallest absolute Gasteiger partial charge is 0.269 e. The summed E-state index contributed by atoms with van der Waals surface area (Å²) in [6.45, 7) is 7.15. The Morgan fingerprint density at radius 3 is 2.64 bits per heavy atom. The standard InChI is InChI=1S/C18H25N5O2/c1-18(2)12-22(9-8-16(18)19)11-14-10-21(3)20-17(14)13-4-6-15(7-5-13)23(24)25/h4-7,10,16H,8-9,11-12,19H2,1-3H3. The first-order chi connectivity index (χ1) is 11.8. The largest absolute Gasteiger partial charge is 0.327 e. The number of piperidine rings is 1. The van der Waals surface area contributed by atoms with Gasteiger partial charge in [-0.2, -0.15) is 5.10 Å². The van der Waals surface area contributed by atoms with Gasteiger partial charge in [-0.1, -0.05) is 13.8 Å². The summed E-state index contributed by atoms with van der Waals surface area (Å²) >= 11 is 0. The number of aryl methyl sites for hydroxylation is 1. The molecule has 1 aromatic carbocycles. The topological polar surface area (TPSA) is 90.2 Å². The maximum Gasteiger partial charge on any atom is 0.269 e. The van der Waals surface area contributed by atoms with Crippen molar-refractivity contribution in [3.63, 3.8) is 0 Å². The molecular formula is C18H25N5O2. The monoisotopic (exact) mass is 343 g/mol. The lowest BCUT2D eigenvalue weighted by Crippen LogP contribution is -2.52. The van der Waals surface area contributed by atoms with Crippen molar-refractivity contribution in [3.05, 3.63) is 46.1 Å². The van der Waals surface area contributed by atoms with Gasteiger partial charge in [-0.3, -0.25) is 19.7 Å². The number of non-ortho nitro benzene ring substituents is 1. The zero-order chi connectivity index (χ0) is 18.2. The van der Waals surface area contributed by atoms with Gasteiger partial charge >= 0.3 is 0 Å². The molecule has 1 atom stereocenters. The molecule has 2 aromatic rings. The molecule has 1 fully saturated rings. The molecule has 3 rings (SSSR count). The van der Waals surface area contributed by atoms with Crippen molar-refractivity contribution in [2.75, 3.05) is 13.1 Å². The maximum atomic E-state index is 10.8. The molecule has 7 nitrogen and oxygen atoms in total. The van der Waals surface area contributed by atoms with Crippen molar-refractivity contribution in [1.29, 1.82) is 0 Å². The normalized spacial score (nSPS) is 20.6. The van der Waals surface area contributed by atoms with Crippen molar-refractivity contribution in [2.24, 2.45) is 18.2 Å². The Hall–Kier alpha value is -2.25. The molecule has 7 heteroatoms. The highest BCUT2D eigenvalue weighted by atomic mass is 16.6. The zero-order valence-electron chi connectivity index (χ0n) is 15.0. The third kappa shape index (κ3) is 3.72. The van der Waals surface area contributed by atoms with Gasteiger partial charge < -0.3 is 5.73 Å². The molecule has 1 unspecified atom stereocenters. The number of rotatable bonds is 4. The van der Waals surface area contributed by atoms with Gasteiger partial charge in [0.15, 0.2) is 0 Å². The molecule has 2 heterocycles. The highest BCUT2D eigenvalue weighted by Gasteiger charge is 2.33. The Kier molecular flexibility index (Phi) is 4.62. The van der Waals surface area contributed by atoms with E-state index in [2.05, 4.69) is 23.8 Å². The Bertz CT molecular complexity index is 766. The minimum atomic E-state index is -0.387. The summed E-state index contributed by atoms with van der Waals surface area (Å²) in [5.41, 5.74) is 9.32. The van der Waals surface area contributed by atoms with Crippen molar-refractivity contribution in [3.8, 4) is 11.3 Å². The summed E-state index contributed by atoms with van der Waals surface area (Å²) in [5, 5.41) is 15.4. The predicted molar refractivity (Wildman–Crippen MR) is 96.9 cm³/mol. The molecule has 0 amide bonds. The quantitative estimate of drug-likeness (QED) is 0.680. The fourth-order valence-electron chi connectivity index (χ4n) is 3.50. The first kappa shape index (κ1) is 17.6. The first-order valence-corrected chi connectivity index (χ1v) is 8.51. The Balaban J connectivity index is 1.83. The number of nitro benzene ring substituents is 1. The summed E-state index contributed by atoms with van der Waals surface area (Å²) in [5.74, 6) is 0. The second-order valence-electron chi connectivity index (χ2n) is 7.58. The van der Waals surface area contributed by atoms with Gasteiger partial charge in [0.25, 0.3) is 5.69 Å². The fourth-order valence-corrected chi connectivity index (χ4v) is 3.50. The van der Waals surface area contributed by atoms with Crippen LogP contribution in [0.1, 0.15) is 25.8 Å². The average molecular weight is 343 g/mol. The van der Waals surface area contributed by atoms with Crippen LogP contribution in [-0.2, 0) is 13.6 Å². The van der Waals surface area contributed by atoms with Crippen LogP contribution >= 0.6 is 0 Å². The summed E-state index contributed by atoms with van der Waals surface area (Å²) in [7, 11) is 1.90. The van der Waals surface area contributed by atoms with E-state index in [0.717, 1.165) is 42.9 Å². The number of nitrogens with two attached hydrogens (primary N) is 1. The molecule has 1 saturated heterocycles. The molecule has 1 aliphatic rings. The Morgan fingerprint density at radius 1 is 1.36 bits per heavy atom. The van der Waals surface area contributed by atoms with Crippen molar-refractivity contribution in [1.82, 2.24) is 14.7 Å². The summed E-state index contributed by atoms with van der Waals surface area (Å²) < 4.78 is 1.80. The van der Waals surface area contributed by atoms with Gasteiger partial charge in [0, 0.05) is 62.2 Å². The number of hydrogen-bond acceptors (Lipinski definition) is 5. The SMILES string of the molecule is Cn1cc(CN2CCC(N)C(C)(C)C2)c(-c2ccc([N+](=O)[O-])cc2)n1. The molecular weight excluding hydrogens is 318 g/mol. The summed E-state index contributed by atoms with van der Waals surface area (Å²) in [6, 6.07) is 6.81. The van der Waals surface area contributed by atoms with E-state index in [9.17, 15) is 10.1 Å². The Morgan fingerprint density at radius 2 is 2.04 bits per heavy atom. The number of likely N-dealkylation sites (tertiary alicyclic amines) is 1. The van der Waals surface area contributed by atoms with E-state index in [1.807, 2.05) is 13.2 Å². The van der Waals surface area contributed by atoms with E-state index in [1.165, 1.54) is 12.1 Å².